The second-order valence-electron chi connectivity index (χ2n) is 11.2. The first kappa shape index (κ1) is 30.0. The van der Waals surface area contributed by atoms with E-state index in [0.717, 1.165) is 78.4 Å². The number of ether oxygens (including phenoxy) is 2. The van der Waals surface area contributed by atoms with Crippen LogP contribution in [0.3, 0.4) is 0 Å². The summed E-state index contributed by atoms with van der Waals surface area (Å²) < 4.78 is 9.82. The first-order chi connectivity index (χ1) is 24.0. The van der Waals surface area contributed by atoms with E-state index in [2.05, 4.69) is 4.98 Å². The Balaban J connectivity index is 1.34. The van der Waals surface area contributed by atoms with Gasteiger partial charge in [-0.05, 0) is 90.1 Å². The molecule has 10 heteroatoms. The van der Waals surface area contributed by atoms with E-state index in [4.69, 9.17) is 29.4 Å². The van der Waals surface area contributed by atoms with Gasteiger partial charge in [0.05, 0.1) is 81.4 Å². The molecule has 5 aliphatic rings. The van der Waals surface area contributed by atoms with E-state index < -0.39 is 11.9 Å². The number of allylic oxidation sites excluding steroid dienone is 12. The standard InChI is InChI=1S/C39H25N5O4S/c1-47-38(45)24-7-3-22(4-8-24)35-28-13-11-26(41-28)19-27-12-14-29(42-27)36(23-5-9-25(10-6-23)39(46)48-2)31-16-18-33(44-31)37(34-20-40-21-49-34)32-17-15-30(35)43-32/h3-21H,1-2H3. The topological polar surface area (TPSA) is 115 Å². The SMILES string of the molecule is COC(=O)c1ccc(C2=C3C=CC(=N3)C=C3C=CC(=N3)C(c3ccc(C(=O)OC)cc3)=C3C=CC(=N3)C(c3cncs3)=C3C=CC2=N3)cc1. The van der Waals surface area contributed by atoms with Gasteiger partial charge in [0.15, 0.2) is 0 Å². The molecule has 2 aromatic carbocycles. The van der Waals surface area contributed by atoms with Crippen LogP contribution in [0.25, 0.3) is 16.7 Å². The maximum Gasteiger partial charge on any atom is 0.337 e. The average molecular weight is 660 g/mol. The molecule has 49 heavy (non-hydrogen) atoms. The van der Waals surface area contributed by atoms with Crippen molar-refractivity contribution in [3.05, 3.63) is 165 Å². The normalized spacial score (nSPS) is 17.4. The van der Waals surface area contributed by atoms with Crippen LogP contribution in [0.15, 0.2) is 158 Å². The number of aromatic nitrogens is 1. The lowest BCUT2D eigenvalue weighted by atomic mass is 9.97. The van der Waals surface area contributed by atoms with Gasteiger partial charge in [0, 0.05) is 22.9 Å². The van der Waals surface area contributed by atoms with E-state index >= 15 is 0 Å². The van der Waals surface area contributed by atoms with E-state index in [1.54, 1.807) is 29.8 Å². The van der Waals surface area contributed by atoms with Gasteiger partial charge >= 0.3 is 11.9 Å². The molecule has 0 aliphatic carbocycles. The van der Waals surface area contributed by atoms with Crippen molar-refractivity contribution in [2.24, 2.45) is 20.0 Å². The van der Waals surface area contributed by atoms with Crippen LogP contribution in [0.5, 0.6) is 0 Å². The van der Waals surface area contributed by atoms with Gasteiger partial charge in [-0.2, -0.15) is 0 Å². The summed E-state index contributed by atoms with van der Waals surface area (Å²) in [6.07, 6.45) is 19.5. The van der Waals surface area contributed by atoms with E-state index in [0.29, 0.717) is 11.1 Å². The van der Waals surface area contributed by atoms with E-state index in [1.807, 2.05) is 85.1 Å². The van der Waals surface area contributed by atoms with Crippen molar-refractivity contribution >= 4 is 62.8 Å². The Morgan fingerprint density at radius 2 is 1.08 bits per heavy atom. The minimum absolute atomic E-state index is 0.405. The van der Waals surface area contributed by atoms with E-state index in [-0.39, 0.29) is 0 Å². The van der Waals surface area contributed by atoms with Gasteiger partial charge in [-0.1, -0.05) is 24.3 Å². The van der Waals surface area contributed by atoms with E-state index in [1.165, 1.54) is 25.6 Å². The predicted molar refractivity (Wildman–Crippen MR) is 193 cm³/mol. The third-order valence-electron chi connectivity index (χ3n) is 8.30. The van der Waals surface area contributed by atoms with Gasteiger partial charge in [-0.15, -0.1) is 11.3 Å². The summed E-state index contributed by atoms with van der Waals surface area (Å²) in [6.45, 7) is 0. The lowest BCUT2D eigenvalue weighted by Gasteiger charge is -2.11. The Morgan fingerprint density at radius 3 is 1.65 bits per heavy atom. The van der Waals surface area contributed by atoms with Crippen LogP contribution in [0.1, 0.15) is 36.7 Å². The van der Waals surface area contributed by atoms with Crippen LogP contribution in [0, 0.1) is 0 Å². The number of nitrogens with zero attached hydrogens (tertiary/aromatic N) is 5. The molecule has 1 aromatic heterocycles. The molecule has 0 N–H and O–H groups in total. The van der Waals surface area contributed by atoms with Crippen LogP contribution >= 0.6 is 11.3 Å². The first-order valence-electron chi connectivity index (χ1n) is 15.3. The van der Waals surface area contributed by atoms with Crippen LogP contribution in [-0.2, 0) is 9.47 Å². The first-order valence-corrected chi connectivity index (χ1v) is 16.2. The second kappa shape index (κ2) is 12.3. The summed E-state index contributed by atoms with van der Waals surface area (Å²) in [7, 11) is 2.73. The summed E-state index contributed by atoms with van der Waals surface area (Å²) in [5.74, 6) is -0.811. The van der Waals surface area contributed by atoms with Crippen molar-refractivity contribution in [3.63, 3.8) is 0 Å². The highest BCUT2D eigenvalue weighted by atomic mass is 32.1. The van der Waals surface area contributed by atoms with Crippen molar-refractivity contribution in [1.29, 1.82) is 0 Å². The number of rotatable bonds is 5. The van der Waals surface area contributed by atoms with Crippen LogP contribution < -0.4 is 0 Å². The van der Waals surface area contributed by atoms with Gasteiger partial charge in [0.2, 0.25) is 0 Å². The molecule has 5 aliphatic heterocycles. The molecular weight excluding hydrogens is 635 g/mol. The Bertz CT molecular complexity index is 2280. The quantitative estimate of drug-likeness (QED) is 0.269. The van der Waals surface area contributed by atoms with Gasteiger partial charge in [-0.25, -0.2) is 29.6 Å². The highest BCUT2D eigenvalue weighted by Crippen LogP contribution is 2.37. The summed E-state index contributed by atoms with van der Waals surface area (Å²) in [6, 6.07) is 14.5. The molecule has 8 rings (SSSR count). The molecule has 236 valence electrons. The Morgan fingerprint density at radius 1 is 0.571 bits per heavy atom. The summed E-state index contributed by atoms with van der Waals surface area (Å²) in [4.78, 5) is 49.9. The monoisotopic (exact) mass is 659 g/mol. The number of carbonyl (C=O) groups excluding carboxylic acids is 2. The highest BCUT2D eigenvalue weighted by molar-refractivity contribution is 7.11. The second-order valence-corrected chi connectivity index (χ2v) is 12.1. The fraction of sp³-hybridized carbons (Fsp3) is 0.0513. The van der Waals surface area contributed by atoms with Crippen LogP contribution in [0.2, 0.25) is 0 Å². The molecule has 0 fully saturated rings. The number of carbonyl (C=O) groups is 2. The molecule has 0 unspecified atom stereocenters. The summed E-state index contributed by atoms with van der Waals surface area (Å²) in [5, 5.41) is 0. The zero-order chi connectivity index (χ0) is 33.5. The van der Waals surface area contributed by atoms with Crippen molar-refractivity contribution in [2.45, 2.75) is 0 Å². The number of thiazole rings is 1. The maximum absolute atomic E-state index is 12.2. The van der Waals surface area contributed by atoms with Crippen molar-refractivity contribution < 1.29 is 19.1 Å². The largest absolute Gasteiger partial charge is 0.465 e. The number of methoxy groups -OCH3 is 2. The summed E-state index contributed by atoms with van der Waals surface area (Å²) in [5.41, 5.74) is 12.7. The number of hydrogen-bond donors (Lipinski definition) is 0. The fourth-order valence-electron chi connectivity index (χ4n) is 5.99. The molecular formula is C39H25N5O4S. The van der Waals surface area contributed by atoms with Crippen LogP contribution in [0.4, 0.5) is 0 Å². The molecule has 0 saturated heterocycles. The minimum atomic E-state index is -0.405. The average Bonchev–Trinajstić information content (AvgIpc) is 3.98. The number of hydrogen-bond acceptors (Lipinski definition) is 10. The molecule has 0 atom stereocenters. The maximum atomic E-state index is 12.2. The summed E-state index contributed by atoms with van der Waals surface area (Å²) >= 11 is 1.51. The van der Waals surface area contributed by atoms with Gasteiger partial charge < -0.3 is 9.47 Å². The molecule has 9 nitrogen and oxygen atoms in total. The van der Waals surface area contributed by atoms with Crippen LogP contribution in [-0.4, -0.2) is 54.0 Å². The molecule has 0 saturated carbocycles. The zero-order valence-corrected chi connectivity index (χ0v) is 27.1. The Kier molecular flexibility index (Phi) is 7.54. The fourth-order valence-corrected chi connectivity index (χ4v) is 6.67. The van der Waals surface area contributed by atoms with Gasteiger partial charge in [0.1, 0.15) is 0 Å². The smallest absolute Gasteiger partial charge is 0.337 e. The molecule has 6 heterocycles. The molecule has 0 radical (unpaired) electrons. The molecule has 0 spiro atoms. The number of benzene rings is 2. The van der Waals surface area contributed by atoms with Gasteiger partial charge in [-0.3, -0.25) is 4.98 Å². The van der Waals surface area contributed by atoms with Crippen molar-refractivity contribution in [1.82, 2.24) is 4.98 Å². The van der Waals surface area contributed by atoms with E-state index in [9.17, 15) is 9.59 Å². The molecule has 0 amide bonds. The minimum Gasteiger partial charge on any atom is -0.465 e. The molecule has 3 aromatic rings. The number of fused-ring (bicyclic) bond motifs is 4. The predicted octanol–water partition coefficient (Wildman–Crippen LogP) is 7.19. The lowest BCUT2D eigenvalue weighted by molar-refractivity contribution is 0.0592. The molecule has 8 bridgehead atoms. The lowest BCUT2D eigenvalue weighted by Crippen LogP contribution is -2.04. The number of esters is 2. The highest BCUT2D eigenvalue weighted by Gasteiger charge is 2.26. The van der Waals surface area contributed by atoms with Gasteiger partial charge in [0.25, 0.3) is 0 Å². The number of aliphatic imine (C=N–C) groups is 4. The zero-order valence-electron chi connectivity index (χ0n) is 26.2. The van der Waals surface area contributed by atoms with Crippen molar-refractivity contribution in [3.8, 4) is 0 Å². The third-order valence-corrected chi connectivity index (χ3v) is 9.09. The van der Waals surface area contributed by atoms with Crippen molar-refractivity contribution in [2.75, 3.05) is 14.2 Å². The Labute approximate surface area is 285 Å². The Hall–Kier alpha value is -6.39. The third kappa shape index (κ3) is 5.53.